The van der Waals surface area contributed by atoms with Gasteiger partial charge in [-0.25, -0.2) is 4.68 Å². The zero-order chi connectivity index (χ0) is 13.1. The summed E-state index contributed by atoms with van der Waals surface area (Å²) in [6.07, 6.45) is 3.48. The van der Waals surface area contributed by atoms with Crippen molar-refractivity contribution in [2.24, 2.45) is 0 Å². The Labute approximate surface area is 114 Å². The highest BCUT2D eigenvalue weighted by atomic mass is 32.1. The summed E-state index contributed by atoms with van der Waals surface area (Å²) in [4.78, 5) is 1.13. The highest BCUT2D eigenvalue weighted by Gasteiger charge is 2.06. The molecule has 3 aromatic rings. The molecule has 3 rings (SSSR count). The number of nitrogens with two attached hydrogens (primary N) is 1. The smallest absolute Gasteiger partial charge is 0.0894 e. The lowest BCUT2D eigenvalue weighted by molar-refractivity contribution is 0.803. The Bertz CT molecular complexity index is 659. The van der Waals surface area contributed by atoms with E-state index in [9.17, 15) is 0 Å². The zero-order valence-corrected chi connectivity index (χ0v) is 11.0. The van der Waals surface area contributed by atoms with Gasteiger partial charge in [0.15, 0.2) is 0 Å². The summed E-state index contributed by atoms with van der Waals surface area (Å²) in [7, 11) is 0. The summed E-state index contributed by atoms with van der Waals surface area (Å²) < 4.78 is 1.74. The second-order valence-corrected chi connectivity index (χ2v) is 5.02. The van der Waals surface area contributed by atoms with Gasteiger partial charge in [-0.3, -0.25) is 0 Å². The molecule has 96 valence electrons. The first-order valence-corrected chi connectivity index (χ1v) is 6.74. The monoisotopic (exact) mass is 271 g/mol. The molecule has 0 saturated heterocycles. The van der Waals surface area contributed by atoms with Gasteiger partial charge in [0.2, 0.25) is 0 Å². The van der Waals surface area contributed by atoms with E-state index in [1.54, 1.807) is 22.2 Å². The molecular weight excluding hydrogens is 258 g/mol. The van der Waals surface area contributed by atoms with Gasteiger partial charge in [-0.1, -0.05) is 17.3 Å². The molecular formula is C13H13N5S. The molecule has 0 saturated carbocycles. The molecule has 0 aliphatic rings. The van der Waals surface area contributed by atoms with Crippen LogP contribution in [-0.2, 0) is 6.54 Å². The number of benzene rings is 1. The van der Waals surface area contributed by atoms with Crippen LogP contribution in [0.4, 0.5) is 11.4 Å². The topological polar surface area (TPSA) is 68.8 Å². The molecule has 1 aromatic carbocycles. The van der Waals surface area contributed by atoms with Crippen LogP contribution < -0.4 is 11.1 Å². The van der Waals surface area contributed by atoms with Crippen molar-refractivity contribution in [3.63, 3.8) is 0 Å². The van der Waals surface area contributed by atoms with Crippen molar-refractivity contribution in [3.05, 3.63) is 53.0 Å². The van der Waals surface area contributed by atoms with E-state index >= 15 is 0 Å². The van der Waals surface area contributed by atoms with E-state index < -0.39 is 0 Å². The first-order chi connectivity index (χ1) is 9.34. The Morgan fingerprint density at radius 1 is 1.26 bits per heavy atom. The number of nitrogens with one attached hydrogen (secondary N) is 1. The maximum Gasteiger partial charge on any atom is 0.0894 e. The third kappa shape index (κ3) is 2.43. The van der Waals surface area contributed by atoms with Crippen molar-refractivity contribution < 1.29 is 0 Å². The van der Waals surface area contributed by atoms with Crippen LogP contribution in [0.15, 0.2) is 48.1 Å². The van der Waals surface area contributed by atoms with Crippen molar-refractivity contribution in [1.82, 2.24) is 15.0 Å². The fraction of sp³-hybridized carbons (Fsp3) is 0.0769. The number of nitrogen functional groups attached to an aromatic ring is 1. The Hall–Kier alpha value is -2.34. The van der Waals surface area contributed by atoms with Gasteiger partial charge in [-0.15, -0.1) is 16.4 Å². The lowest BCUT2D eigenvalue weighted by Crippen LogP contribution is -2.05. The fourth-order valence-electron chi connectivity index (χ4n) is 1.83. The van der Waals surface area contributed by atoms with Gasteiger partial charge in [0, 0.05) is 10.6 Å². The maximum atomic E-state index is 5.88. The normalized spacial score (nSPS) is 10.5. The van der Waals surface area contributed by atoms with E-state index in [1.807, 2.05) is 41.9 Å². The van der Waals surface area contributed by atoms with Gasteiger partial charge in [0.25, 0.3) is 0 Å². The van der Waals surface area contributed by atoms with Gasteiger partial charge in [-0.05, 0) is 23.6 Å². The molecule has 0 spiro atoms. The molecule has 2 aromatic heterocycles. The Morgan fingerprint density at radius 3 is 2.89 bits per heavy atom. The quantitative estimate of drug-likeness (QED) is 0.765. The molecule has 19 heavy (non-hydrogen) atoms. The van der Waals surface area contributed by atoms with Crippen LogP contribution in [0.5, 0.6) is 0 Å². The van der Waals surface area contributed by atoms with Crippen LogP contribution in [0.1, 0.15) is 4.88 Å². The molecule has 3 N–H and O–H groups in total. The predicted molar refractivity (Wildman–Crippen MR) is 77.4 cm³/mol. The molecule has 0 radical (unpaired) electrons. The SMILES string of the molecule is Nc1ccsc1CNc1ccccc1-n1ccnn1. The van der Waals surface area contributed by atoms with Crippen molar-refractivity contribution in [2.75, 3.05) is 11.1 Å². The van der Waals surface area contributed by atoms with Crippen molar-refractivity contribution >= 4 is 22.7 Å². The molecule has 0 amide bonds. The highest BCUT2D eigenvalue weighted by Crippen LogP contribution is 2.23. The van der Waals surface area contributed by atoms with Crippen LogP contribution >= 0.6 is 11.3 Å². The lowest BCUT2D eigenvalue weighted by Gasteiger charge is -2.11. The first-order valence-electron chi connectivity index (χ1n) is 5.86. The van der Waals surface area contributed by atoms with Crippen LogP contribution in [0.2, 0.25) is 0 Å². The van der Waals surface area contributed by atoms with E-state index in [2.05, 4.69) is 15.6 Å². The van der Waals surface area contributed by atoms with Gasteiger partial charge in [0.05, 0.1) is 30.3 Å². The van der Waals surface area contributed by atoms with Crippen molar-refractivity contribution in [2.45, 2.75) is 6.54 Å². The van der Waals surface area contributed by atoms with E-state index in [0.29, 0.717) is 6.54 Å². The lowest BCUT2D eigenvalue weighted by atomic mass is 10.2. The minimum Gasteiger partial charge on any atom is -0.398 e. The predicted octanol–water partition coefficient (Wildman–Crippen LogP) is 2.52. The average Bonchev–Trinajstić information content (AvgIpc) is 3.08. The zero-order valence-electron chi connectivity index (χ0n) is 10.2. The van der Waals surface area contributed by atoms with Crippen molar-refractivity contribution in [3.8, 4) is 5.69 Å². The highest BCUT2D eigenvalue weighted by molar-refractivity contribution is 7.10. The largest absolute Gasteiger partial charge is 0.398 e. The van der Waals surface area contributed by atoms with E-state index in [4.69, 9.17) is 5.73 Å². The van der Waals surface area contributed by atoms with Crippen molar-refractivity contribution in [1.29, 1.82) is 0 Å². The van der Waals surface area contributed by atoms with Crippen LogP contribution in [0.25, 0.3) is 5.69 Å². The first kappa shape index (κ1) is 11.7. The number of anilines is 2. The number of rotatable bonds is 4. The Balaban J connectivity index is 1.84. The molecule has 6 heteroatoms. The molecule has 5 nitrogen and oxygen atoms in total. The van der Waals surface area contributed by atoms with Crippen LogP contribution in [0.3, 0.4) is 0 Å². The second kappa shape index (κ2) is 5.11. The molecule has 0 atom stereocenters. The standard InChI is InChI=1S/C13H13N5S/c14-10-5-8-19-13(10)9-15-11-3-1-2-4-12(11)18-7-6-16-17-18/h1-8,15H,9,14H2. The summed E-state index contributed by atoms with van der Waals surface area (Å²) in [5.41, 5.74) is 8.68. The minimum absolute atomic E-state index is 0.704. The number of thiophene rings is 1. The third-order valence-electron chi connectivity index (χ3n) is 2.79. The van der Waals surface area contributed by atoms with E-state index in [-0.39, 0.29) is 0 Å². The molecule has 2 heterocycles. The summed E-state index contributed by atoms with van der Waals surface area (Å²) in [6, 6.07) is 9.89. The number of para-hydroxylation sites is 2. The summed E-state index contributed by atoms with van der Waals surface area (Å²) in [5.74, 6) is 0. The molecule has 0 aliphatic carbocycles. The number of hydrogen-bond donors (Lipinski definition) is 2. The van der Waals surface area contributed by atoms with Crippen LogP contribution in [0, 0.1) is 0 Å². The minimum atomic E-state index is 0.704. The molecule has 0 bridgehead atoms. The van der Waals surface area contributed by atoms with Gasteiger partial charge < -0.3 is 11.1 Å². The molecule has 0 aliphatic heterocycles. The van der Waals surface area contributed by atoms with Gasteiger partial charge in [0.1, 0.15) is 0 Å². The van der Waals surface area contributed by atoms with E-state index in [1.165, 1.54) is 0 Å². The maximum absolute atomic E-state index is 5.88. The third-order valence-corrected chi connectivity index (χ3v) is 3.73. The number of aromatic nitrogens is 3. The second-order valence-electron chi connectivity index (χ2n) is 4.02. The average molecular weight is 271 g/mol. The Kier molecular flexibility index (Phi) is 3.16. The van der Waals surface area contributed by atoms with Crippen LogP contribution in [-0.4, -0.2) is 15.0 Å². The number of nitrogens with zero attached hydrogens (tertiary/aromatic N) is 3. The Morgan fingerprint density at radius 2 is 2.16 bits per heavy atom. The van der Waals surface area contributed by atoms with Gasteiger partial charge >= 0.3 is 0 Å². The van der Waals surface area contributed by atoms with E-state index in [0.717, 1.165) is 21.9 Å². The summed E-state index contributed by atoms with van der Waals surface area (Å²) >= 11 is 1.65. The number of hydrogen-bond acceptors (Lipinski definition) is 5. The summed E-state index contributed by atoms with van der Waals surface area (Å²) in [6.45, 7) is 0.704. The van der Waals surface area contributed by atoms with Gasteiger partial charge in [-0.2, -0.15) is 0 Å². The summed E-state index contributed by atoms with van der Waals surface area (Å²) in [5, 5.41) is 13.2. The molecule has 0 unspecified atom stereocenters. The fourth-order valence-corrected chi connectivity index (χ4v) is 2.57. The molecule has 0 fully saturated rings.